The van der Waals surface area contributed by atoms with Crippen LogP contribution in [0.2, 0.25) is 0 Å². The topological polar surface area (TPSA) is 32.3 Å². The van der Waals surface area contributed by atoms with E-state index in [0.29, 0.717) is 23.0 Å². The highest BCUT2D eigenvalue weighted by Gasteiger charge is 2.21. The van der Waals surface area contributed by atoms with E-state index in [1.54, 1.807) is 19.1 Å². The van der Waals surface area contributed by atoms with Crippen LogP contribution in [0.3, 0.4) is 0 Å². The highest BCUT2D eigenvalue weighted by molar-refractivity contribution is 9.10. The number of nitrogens with one attached hydrogen (secondary N) is 1. The zero-order chi connectivity index (χ0) is 12.2. The van der Waals surface area contributed by atoms with Gasteiger partial charge in [-0.2, -0.15) is 0 Å². The lowest BCUT2D eigenvalue weighted by atomic mass is 9.96. The smallest absolute Gasteiger partial charge is 0.127 e. The van der Waals surface area contributed by atoms with E-state index in [2.05, 4.69) is 21.2 Å². The van der Waals surface area contributed by atoms with E-state index in [0.717, 1.165) is 6.54 Å². The average Bonchev–Trinajstić information content (AvgIpc) is 2.19. The SMILES string of the molecule is CCNCC(C)(O)Cc1ccc(Br)cc1F. The summed E-state index contributed by atoms with van der Waals surface area (Å²) in [6, 6.07) is 4.89. The molecule has 2 nitrogen and oxygen atoms in total. The fourth-order valence-electron chi connectivity index (χ4n) is 1.53. The molecule has 0 heterocycles. The summed E-state index contributed by atoms with van der Waals surface area (Å²) in [6.07, 6.45) is 0.305. The third-order valence-corrected chi connectivity index (χ3v) is 2.84. The van der Waals surface area contributed by atoms with Gasteiger partial charge in [0.15, 0.2) is 0 Å². The summed E-state index contributed by atoms with van der Waals surface area (Å²) in [5.74, 6) is -0.286. The number of rotatable bonds is 5. The normalized spacial score (nSPS) is 14.8. The first-order valence-corrected chi connectivity index (χ1v) is 6.11. The van der Waals surface area contributed by atoms with Crippen molar-refractivity contribution in [2.75, 3.05) is 13.1 Å². The molecule has 2 N–H and O–H groups in total. The molecule has 0 fully saturated rings. The Kier molecular flexibility index (Phi) is 4.89. The summed E-state index contributed by atoms with van der Waals surface area (Å²) in [5.41, 5.74) is -0.392. The minimum Gasteiger partial charge on any atom is -0.389 e. The zero-order valence-corrected chi connectivity index (χ0v) is 11.1. The highest BCUT2D eigenvalue weighted by atomic mass is 79.9. The molecule has 0 amide bonds. The minimum absolute atomic E-state index is 0.286. The Morgan fingerprint density at radius 2 is 2.19 bits per heavy atom. The first kappa shape index (κ1) is 13.6. The van der Waals surface area contributed by atoms with Gasteiger partial charge < -0.3 is 10.4 Å². The summed E-state index contributed by atoms with van der Waals surface area (Å²) in [5, 5.41) is 13.1. The molecule has 0 spiro atoms. The van der Waals surface area contributed by atoms with Crippen LogP contribution in [0.1, 0.15) is 19.4 Å². The van der Waals surface area contributed by atoms with Crippen LogP contribution in [-0.2, 0) is 6.42 Å². The van der Waals surface area contributed by atoms with Gasteiger partial charge in [0.2, 0.25) is 0 Å². The van der Waals surface area contributed by atoms with Crippen molar-refractivity contribution in [1.29, 1.82) is 0 Å². The van der Waals surface area contributed by atoms with Gasteiger partial charge in [-0.1, -0.05) is 28.9 Å². The molecule has 1 rings (SSSR count). The van der Waals surface area contributed by atoms with E-state index in [-0.39, 0.29) is 5.82 Å². The molecule has 0 saturated heterocycles. The predicted octanol–water partition coefficient (Wildman–Crippen LogP) is 2.49. The summed E-state index contributed by atoms with van der Waals surface area (Å²) in [7, 11) is 0. The number of hydrogen-bond acceptors (Lipinski definition) is 2. The second-order valence-electron chi connectivity index (χ2n) is 4.19. The fourth-order valence-corrected chi connectivity index (χ4v) is 1.87. The van der Waals surface area contributed by atoms with Crippen molar-refractivity contribution in [3.8, 4) is 0 Å². The average molecular weight is 290 g/mol. The number of aliphatic hydroxyl groups is 1. The van der Waals surface area contributed by atoms with Gasteiger partial charge in [-0.3, -0.25) is 0 Å². The lowest BCUT2D eigenvalue weighted by molar-refractivity contribution is 0.0598. The quantitative estimate of drug-likeness (QED) is 0.873. The van der Waals surface area contributed by atoms with Crippen LogP contribution in [-0.4, -0.2) is 23.8 Å². The zero-order valence-electron chi connectivity index (χ0n) is 9.56. The van der Waals surface area contributed by atoms with Crippen LogP contribution < -0.4 is 5.32 Å². The summed E-state index contributed by atoms with van der Waals surface area (Å²) in [4.78, 5) is 0. The van der Waals surface area contributed by atoms with Crippen LogP contribution in [0.25, 0.3) is 0 Å². The Morgan fingerprint density at radius 1 is 1.50 bits per heavy atom. The van der Waals surface area contributed by atoms with Gasteiger partial charge >= 0.3 is 0 Å². The molecule has 90 valence electrons. The van der Waals surface area contributed by atoms with Gasteiger partial charge in [-0.05, 0) is 31.2 Å². The van der Waals surface area contributed by atoms with Crippen LogP contribution in [0, 0.1) is 5.82 Å². The van der Waals surface area contributed by atoms with E-state index < -0.39 is 5.60 Å². The van der Waals surface area contributed by atoms with Crippen molar-refractivity contribution in [3.63, 3.8) is 0 Å². The molecule has 1 atom stereocenters. The van der Waals surface area contributed by atoms with Gasteiger partial charge in [0.05, 0.1) is 5.60 Å². The van der Waals surface area contributed by atoms with Gasteiger partial charge in [0.25, 0.3) is 0 Å². The number of halogens is 2. The molecule has 1 unspecified atom stereocenters. The lowest BCUT2D eigenvalue weighted by Crippen LogP contribution is -2.39. The molecule has 0 aliphatic carbocycles. The van der Waals surface area contributed by atoms with Gasteiger partial charge in [0.1, 0.15) is 5.82 Å². The molecule has 0 bridgehead atoms. The monoisotopic (exact) mass is 289 g/mol. The molecule has 0 saturated carbocycles. The predicted molar refractivity (Wildman–Crippen MR) is 67.0 cm³/mol. The Balaban J connectivity index is 2.71. The van der Waals surface area contributed by atoms with Crippen LogP contribution in [0.5, 0.6) is 0 Å². The van der Waals surface area contributed by atoms with E-state index in [1.807, 2.05) is 6.92 Å². The standard InChI is InChI=1S/C12H17BrFNO/c1-3-15-8-12(2,16)7-9-4-5-10(13)6-11(9)14/h4-6,15-16H,3,7-8H2,1-2H3. The van der Waals surface area contributed by atoms with E-state index in [4.69, 9.17) is 0 Å². The Morgan fingerprint density at radius 3 is 2.75 bits per heavy atom. The molecular weight excluding hydrogens is 273 g/mol. The highest BCUT2D eigenvalue weighted by Crippen LogP contribution is 2.19. The molecule has 0 radical (unpaired) electrons. The first-order valence-electron chi connectivity index (χ1n) is 5.31. The third-order valence-electron chi connectivity index (χ3n) is 2.34. The van der Waals surface area contributed by atoms with Crippen molar-refractivity contribution in [2.45, 2.75) is 25.9 Å². The summed E-state index contributed by atoms with van der Waals surface area (Å²) in [6.45, 7) is 4.92. The number of benzene rings is 1. The lowest BCUT2D eigenvalue weighted by Gasteiger charge is -2.23. The number of hydrogen-bond donors (Lipinski definition) is 2. The molecular formula is C12H17BrFNO. The number of likely N-dealkylation sites (N-methyl/N-ethyl adjacent to an activating group) is 1. The molecule has 0 aromatic heterocycles. The van der Waals surface area contributed by atoms with E-state index in [1.165, 1.54) is 6.07 Å². The van der Waals surface area contributed by atoms with E-state index >= 15 is 0 Å². The van der Waals surface area contributed by atoms with Crippen molar-refractivity contribution < 1.29 is 9.50 Å². The van der Waals surface area contributed by atoms with Crippen molar-refractivity contribution in [2.24, 2.45) is 0 Å². The summed E-state index contributed by atoms with van der Waals surface area (Å²) >= 11 is 3.20. The van der Waals surface area contributed by atoms with Crippen LogP contribution in [0.4, 0.5) is 4.39 Å². The maximum atomic E-state index is 13.5. The molecule has 0 aliphatic heterocycles. The Bertz CT molecular complexity index is 355. The maximum Gasteiger partial charge on any atom is 0.127 e. The molecule has 16 heavy (non-hydrogen) atoms. The largest absolute Gasteiger partial charge is 0.389 e. The first-order chi connectivity index (χ1) is 7.44. The maximum absolute atomic E-state index is 13.5. The fraction of sp³-hybridized carbons (Fsp3) is 0.500. The Hall–Kier alpha value is -0.450. The van der Waals surface area contributed by atoms with Crippen LogP contribution >= 0.6 is 15.9 Å². The molecule has 1 aromatic rings. The third kappa shape index (κ3) is 4.20. The second kappa shape index (κ2) is 5.75. The van der Waals surface area contributed by atoms with Crippen LogP contribution in [0.15, 0.2) is 22.7 Å². The van der Waals surface area contributed by atoms with Gasteiger partial charge in [-0.15, -0.1) is 0 Å². The minimum atomic E-state index is -0.926. The molecule has 0 aliphatic rings. The van der Waals surface area contributed by atoms with Crippen molar-refractivity contribution in [1.82, 2.24) is 5.32 Å². The van der Waals surface area contributed by atoms with Gasteiger partial charge in [-0.25, -0.2) is 4.39 Å². The van der Waals surface area contributed by atoms with E-state index in [9.17, 15) is 9.50 Å². The second-order valence-corrected chi connectivity index (χ2v) is 5.11. The van der Waals surface area contributed by atoms with Gasteiger partial charge in [0, 0.05) is 17.4 Å². The Labute approximate surface area is 104 Å². The molecule has 4 heteroatoms. The summed E-state index contributed by atoms with van der Waals surface area (Å²) < 4.78 is 14.2. The van der Waals surface area contributed by atoms with Crippen molar-refractivity contribution >= 4 is 15.9 Å². The van der Waals surface area contributed by atoms with Crippen molar-refractivity contribution in [3.05, 3.63) is 34.1 Å². The molecule has 1 aromatic carbocycles.